The zero-order valence-electron chi connectivity index (χ0n) is 22.4. The lowest BCUT2D eigenvalue weighted by molar-refractivity contribution is -0.0625. The molecular weight excluding hydrogens is 511 g/mol. The van der Waals surface area contributed by atoms with E-state index in [2.05, 4.69) is 42.6 Å². The Kier molecular flexibility index (Phi) is 9.85. The number of carbonyl (C=O) groups is 1. The highest BCUT2D eigenvalue weighted by Crippen LogP contribution is 2.33. The second-order valence-electron chi connectivity index (χ2n) is 10.6. The number of alkyl halides is 3. The molecule has 1 heterocycles. The molecule has 0 aromatic carbocycles. The van der Waals surface area contributed by atoms with E-state index in [1.54, 1.807) is 13.8 Å². The largest absolute Gasteiger partial charge is 0.465 e. The summed E-state index contributed by atoms with van der Waals surface area (Å²) in [7, 11) is 0.999. The van der Waals surface area contributed by atoms with Crippen LogP contribution in [-0.4, -0.2) is 78.4 Å². The van der Waals surface area contributed by atoms with Crippen LogP contribution in [0.1, 0.15) is 46.0 Å². The smallest absolute Gasteiger partial charge is 0.454 e. The fourth-order valence-electron chi connectivity index (χ4n) is 5.05. The number of hydrogen-bond acceptors (Lipinski definition) is 5. The number of amidine groups is 1. The van der Waals surface area contributed by atoms with Crippen molar-refractivity contribution >= 4 is 24.5 Å². The number of aliphatic imine (C=N–C) groups is 2. The van der Waals surface area contributed by atoms with Gasteiger partial charge in [0.15, 0.2) is 6.04 Å². The number of halogens is 3. The number of hydrogen-bond donors (Lipinski definition) is 1. The van der Waals surface area contributed by atoms with E-state index in [9.17, 15) is 23.1 Å². The summed E-state index contributed by atoms with van der Waals surface area (Å²) in [6.45, 7) is 4.26. The van der Waals surface area contributed by atoms with Crippen LogP contribution in [-0.2, 0) is 4.84 Å². The molecule has 2 aliphatic carbocycles. The minimum absolute atomic E-state index is 0.0155. The number of rotatable bonds is 8. The van der Waals surface area contributed by atoms with Crippen molar-refractivity contribution in [2.45, 2.75) is 58.2 Å². The summed E-state index contributed by atoms with van der Waals surface area (Å²) in [6.07, 6.45) is 10.7. The topological polar surface area (TPSA) is 90.1 Å². The molecule has 0 bridgehead atoms. The van der Waals surface area contributed by atoms with E-state index in [1.807, 2.05) is 18.5 Å². The molecule has 3 unspecified atom stereocenters. The van der Waals surface area contributed by atoms with Crippen LogP contribution in [0.5, 0.6) is 0 Å². The third kappa shape index (κ3) is 8.64. The van der Waals surface area contributed by atoms with Gasteiger partial charge in [-0.3, -0.25) is 4.99 Å². The van der Waals surface area contributed by atoms with Crippen LogP contribution in [0.2, 0.25) is 0 Å². The van der Waals surface area contributed by atoms with E-state index >= 15 is 0 Å². The van der Waals surface area contributed by atoms with E-state index in [1.165, 1.54) is 4.90 Å². The molecule has 3 aliphatic rings. The fourth-order valence-corrected chi connectivity index (χ4v) is 5.05. The monoisotopic (exact) mass is 545 g/mol. The minimum Gasteiger partial charge on any atom is -0.465 e. The first-order chi connectivity index (χ1) is 18.4. The normalized spacial score (nSPS) is 26.2. The SMILES string of the molecule is C#CC1=C/CC#CC2N=CN(CC3CCCC(CN(CC(C)(C)/C=N/C(=N\OC)C(F)(F)F)C(=O)O)C3)\C2=C\1. The molecule has 1 amide bonds. The van der Waals surface area contributed by atoms with Crippen molar-refractivity contribution in [3.8, 4) is 24.2 Å². The van der Waals surface area contributed by atoms with Gasteiger partial charge in [-0.05, 0) is 37.2 Å². The maximum atomic E-state index is 13.1. The number of oxime groups is 1. The molecule has 3 rings (SSSR count). The molecule has 0 spiro atoms. The highest BCUT2D eigenvalue weighted by molar-refractivity contribution is 5.94. The summed E-state index contributed by atoms with van der Waals surface area (Å²) in [5.74, 6) is 7.95. The highest BCUT2D eigenvalue weighted by Gasteiger charge is 2.38. The number of terminal acetylenes is 1. The first kappa shape index (κ1) is 29.8. The van der Waals surface area contributed by atoms with Crippen LogP contribution in [0, 0.1) is 41.4 Å². The summed E-state index contributed by atoms with van der Waals surface area (Å²) in [6, 6.07) is -0.236. The Balaban J connectivity index is 1.64. The van der Waals surface area contributed by atoms with Crippen LogP contribution >= 0.6 is 0 Å². The lowest BCUT2D eigenvalue weighted by atomic mass is 9.80. The molecular formula is C28H34F3N5O3. The Morgan fingerprint density at radius 1 is 1.38 bits per heavy atom. The van der Waals surface area contributed by atoms with Gasteiger partial charge in [-0.2, -0.15) is 13.2 Å². The second kappa shape index (κ2) is 12.9. The second-order valence-corrected chi connectivity index (χ2v) is 10.6. The number of allylic oxidation sites excluding steroid dienone is 3. The molecule has 1 saturated carbocycles. The molecule has 3 atom stereocenters. The Morgan fingerprint density at radius 3 is 2.79 bits per heavy atom. The van der Waals surface area contributed by atoms with Crippen molar-refractivity contribution < 1.29 is 27.9 Å². The van der Waals surface area contributed by atoms with Gasteiger partial charge in [0.2, 0.25) is 0 Å². The van der Waals surface area contributed by atoms with E-state index in [0.717, 1.165) is 56.8 Å². The van der Waals surface area contributed by atoms with Gasteiger partial charge in [0.05, 0.1) is 12.0 Å². The molecule has 210 valence electrons. The lowest BCUT2D eigenvalue weighted by Gasteiger charge is -2.36. The van der Waals surface area contributed by atoms with Crippen LogP contribution in [0.25, 0.3) is 0 Å². The maximum Gasteiger partial charge on any atom is 0.454 e. The maximum absolute atomic E-state index is 13.1. The van der Waals surface area contributed by atoms with Gasteiger partial charge in [-0.25, -0.2) is 9.79 Å². The summed E-state index contributed by atoms with van der Waals surface area (Å²) < 4.78 is 39.2. The van der Waals surface area contributed by atoms with Crippen LogP contribution < -0.4 is 0 Å². The van der Waals surface area contributed by atoms with Gasteiger partial charge in [-0.1, -0.05) is 49.3 Å². The first-order valence-electron chi connectivity index (χ1n) is 12.8. The lowest BCUT2D eigenvalue weighted by Crippen LogP contribution is -2.43. The minimum atomic E-state index is -4.79. The van der Waals surface area contributed by atoms with E-state index in [-0.39, 0.29) is 25.0 Å². The quantitative estimate of drug-likeness (QED) is 0.202. The molecule has 11 heteroatoms. The average Bonchev–Trinajstić information content (AvgIpc) is 3.20. The summed E-state index contributed by atoms with van der Waals surface area (Å²) in [4.78, 5) is 27.7. The fraction of sp³-hybridized carbons (Fsp3) is 0.571. The zero-order chi connectivity index (χ0) is 28.6. The van der Waals surface area contributed by atoms with Gasteiger partial charge >= 0.3 is 12.3 Å². The number of carboxylic acid groups (broad SMARTS) is 1. The van der Waals surface area contributed by atoms with Crippen molar-refractivity contribution in [3.63, 3.8) is 0 Å². The van der Waals surface area contributed by atoms with Crippen molar-refractivity contribution in [3.05, 3.63) is 23.4 Å². The molecule has 1 fully saturated rings. The Hall–Kier alpha value is -3.73. The van der Waals surface area contributed by atoms with Crippen molar-refractivity contribution in [2.24, 2.45) is 32.4 Å². The van der Waals surface area contributed by atoms with Crippen molar-refractivity contribution in [2.75, 3.05) is 26.7 Å². The summed E-state index contributed by atoms with van der Waals surface area (Å²) in [5, 5.41) is 12.8. The van der Waals surface area contributed by atoms with E-state index < -0.39 is 23.5 Å². The molecule has 0 radical (unpaired) electrons. The predicted molar refractivity (Wildman–Crippen MR) is 144 cm³/mol. The molecule has 0 aromatic heterocycles. The van der Waals surface area contributed by atoms with Gasteiger partial charge in [-0.15, -0.1) is 6.42 Å². The number of nitrogens with zero attached hydrogens (tertiary/aromatic N) is 5. The predicted octanol–water partition coefficient (Wildman–Crippen LogP) is 4.96. The molecule has 8 nitrogen and oxygen atoms in total. The molecule has 39 heavy (non-hydrogen) atoms. The number of fused-ring (bicyclic) bond motifs is 1. The van der Waals surface area contributed by atoms with Gasteiger partial charge < -0.3 is 19.7 Å². The first-order valence-corrected chi connectivity index (χ1v) is 12.8. The van der Waals surface area contributed by atoms with Crippen molar-refractivity contribution in [1.82, 2.24) is 9.80 Å². The zero-order valence-corrected chi connectivity index (χ0v) is 22.4. The van der Waals surface area contributed by atoms with E-state index in [0.29, 0.717) is 12.3 Å². The van der Waals surface area contributed by atoms with Crippen LogP contribution in [0.4, 0.5) is 18.0 Å². The van der Waals surface area contributed by atoms with Crippen molar-refractivity contribution in [1.29, 1.82) is 0 Å². The Morgan fingerprint density at radius 2 is 2.13 bits per heavy atom. The average molecular weight is 546 g/mol. The third-order valence-corrected chi connectivity index (χ3v) is 6.76. The molecule has 1 aliphatic heterocycles. The Labute approximate surface area is 227 Å². The third-order valence-electron chi connectivity index (χ3n) is 6.76. The molecule has 1 N–H and O–H groups in total. The standard InChI is InChI=1S/C28H34F3N5O3/c1-5-20-9-6-7-12-23-24(14-20)36(19-33-23)16-22-11-8-10-21(13-22)15-35(26(37)38)18-27(2,3)17-32-25(34-39-4)28(29,30)31/h1,9,14,17,19,21-23H,6,8,10-11,13,15-16,18H2,2-4H3,(H,37,38)/b20-9-,24-14+,32-17+,34-25-. The van der Waals surface area contributed by atoms with Gasteiger partial charge in [0.25, 0.3) is 5.84 Å². The van der Waals surface area contributed by atoms with Crippen LogP contribution in [0.15, 0.2) is 38.6 Å². The van der Waals surface area contributed by atoms with Gasteiger partial charge in [0.1, 0.15) is 7.11 Å². The molecule has 0 saturated heterocycles. The highest BCUT2D eigenvalue weighted by atomic mass is 19.4. The summed E-state index contributed by atoms with van der Waals surface area (Å²) >= 11 is 0. The Bertz CT molecular complexity index is 1170. The summed E-state index contributed by atoms with van der Waals surface area (Å²) in [5.41, 5.74) is 0.762. The van der Waals surface area contributed by atoms with Gasteiger partial charge in [0, 0.05) is 43.3 Å². The van der Waals surface area contributed by atoms with E-state index in [4.69, 9.17) is 6.42 Å². The number of amides is 1. The molecule has 0 aromatic rings. The van der Waals surface area contributed by atoms with Crippen LogP contribution in [0.3, 0.4) is 0 Å².